The summed E-state index contributed by atoms with van der Waals surface area (Å²) in [6.07, 6.45) is 2.54. The number of carbonyl (C=O) groups excluding carboxylic acids is 1. The summed E-state index contributed by atoms with van der Waals surface area (Å²) in [5.74, 6) is 0.136. The molecule has 0 aromatic heterocycles. The van der Waals surface area contributed by atoms with Crippen molar-refractivity contribution >= 4 is 5.91 Å². The van der Waals surface area contributed by atoms with E-state index in [9.17, 15) is 4.79 Å². The molecular weight excluding hydrogens is 226 g/mol. The maximum Gasteiger partial charge on any atom is 0.220 e. The zero-order valence-corrected chi connectivity index (χ0v) is 13.1. The molecule has 3 heteroatoms. The van der Waals surface area contributed by atoms with Gasteiger partial charge >= 0.3 is 0 Å². The van der Waals surface area contributed by atoms with Crippen molar-refractivity contribution in [2.45, 2.75) is 60.8 Å². The fourth-order valence-corrected chi connectivity index (χ4v) is 1.43. The number of hydrogen-bond donors (Lipinski definition) is 1. The lowest BCUT2D eigenvalue weighted by Crippen LogP contribution is -2.28. The molecule has 1 amide bonds. The van der Waals surface area contributed by atoms with Crippen molar-refractivity contribution in [1.29, 1.82) is 0 Å². The predicted molar refractivity (Wildman–Crippen MR) is 76.6 cm³/mol. The first-order valence-corrected chi connectivity index (χ1v) is 6.95. The van der Waals surface area contributed by atoms with Crippen LogP contribution < -0.4 is 5.32 Å². The Kier molecular flexibility index (Phi) is 7.53. The van der Waals surface area contributed by atoms with Crippen LogP contribution in [0.25, 0.3) is 0 Å². The van der Waals surface area contributed by atoms with Crippen LogP contribution in [0.15, 0.2) is 0 Å². The molecule has 0 aliphatic carbocycles. The van der Waals surface area contributed by atoms with Gasteiger partial charge in [0.15, 0.2) is 0 Å². The van der Waals surface area contributed by atoms with Crippen molar-refractivity contribution in [2.24, 2.45) is 10.8 Å². The predicted octanol–water partition coefficient (Wildman–Crippen LogP) is 3.38. The number of carbonyl (C=O) groups is 1. The Bertz CT molecular complexity index is 236. The van der Waals surface area contributed by atoms with E-state index in [4.69, 9.17) is 4.74 Å². The molecule has 108 valence electrons. The van der Waals surface area contributed by atoms with Gasteiger partial charge in [0.05, 0.1) is 0 Å². The molecule has 18 heavy (non-hydrogen) atoms. The molecule has 0 atom stereocenters. The highest BCUT2D eigenvalue weighted by Crippen LogP contribution is 2.18. The van der Waals surface area contributed by atoms with Crippen molar-refractivity contribution < 1.29 is 9.53 Å². The first-order valence-electron chi connectivity index (χ1n) is 6.95. The molecule has 0 radical (unpaired) electrons. The van der Waals surface area contributed by atoms with Gasteiger partial charge < -0.3 is 10.1 Å². The number of ether oxygens (including phenoxy) is 1. The second kappa shape index (κ2) is 7.78. The molecule has 0 aromatic carbocycles. The lowest BCUT2D eigenvalue weighted by Gasteiger charge is -2.18. The van der Waals surface area contributed by atoms with E-state index >= 15 is 0 Å². The summed E-state index contributed by atoms with van der Waals surface area (Å²) in [6.45, 7) is 15.1. The third kappa shape index (κ3) is 13.5. The van der Waals surface area contributed by atoms with Crippen LogP contribution in [0.3, 0.4) is 0 Å². The van der Waals surface area contributed by atoms with Gasteiger partial charge in [-0.1, -0.05) is 41.5 Å². The molecule has 0 spiro atoms. The first-order chi connectivity index (χ1) is 8.10. The molecule has 0 saturated heterocycles. The molecular formula is C15H31NO2. The number of amides is 1. The molecule has 0 aromatic rings. The normalized spacial score (nSPS) is 12.6. The molecule has 3 nitrogen and oxygen atoms in total. The average molecular weight is 257 g/mol. The van der Waals surface area contributed by atoms with Gasteiger partial charge in [0.2, 0.25) is 5.91 Å². The zero-order valence-electron chi connectivity index (χ0n) is 13.1. The van der Waals surface area contributed by atoms with Crippen molar-refractivity contribution in [3.05, 3.63) is 0 Å². The summed E-state index contributed by atoms with van der Waals surface area (Å²) in [6, 6.07) is 0. The zero-order chi connectivity index (χ0) is 14.2. The molecule has 0 aliphatic rings. The fourth-order valence-electron chi connectivity index (χ4n) is 1.43. The summed E-state index contributed by atoms with van der Waals surface area (Å²) in [5, 5.41) is 2.93. The summed E-state index contributed by atoms with van der Waals surface area (Å²) >= 11 is 0. The molecule has 0 heterocycles. The van der Waals surface area contributed by atoms with Crippen LogP contribution in [-0.4, -0.2) is 25.7 Å². The van der Waals surface area contributed by atoms with Crippen LogP contribution in [-0.2, 0) is 9.53 Å². The Morgan fingerprint density at radius 2 is 1.61 bits per heavy atom. The van der Waals surface area contributed by atoms with E-state index in [0.717, 1.165) is 26.1 Å². The van der Waals surface area contributed by atoms with Gasteiger partial charge in [-0.15, -0.1) is 0 Å². The summed E-state index contributed by atoms with van der Waals surface area (Å²) in [7, 11) is 0. The Morgan fingerprint density at radius 3 is 2.11 bits per heavy atom. The van der Waals surface area contributed by atoms with E-state index < -0.39 is 0 Å². The molecule has 1 N–H and O–H groups in total. The number of nitrogens with one attached hydrogen (secondary N) is 1. The lowest BCUT2D eigenvalue weighted by atomic mass is 9.92. The van der Waals surface area contributed by atoms with E-state index in [1.54, 1.807) is 0 Å². The summed E-state index contributed by atoms with van der Waals surface area (Å²) in [4.78, 5) is 11.5. The molecule has 0 fully saturated rings. The summed E-state index contributed by atoms with van der Waals surface area (Å²) in [5.41, 5.74) is 0.397. The Hall–Kier alpha value is -0.570. The van der Waals surface area contributed by atoms with Crippen molar-refractivity contribution in [2.75, 3.05) is 19.8 Å². The van der Waals surface area contributed by atoms with E-state index in [1.807, 2.05) is 0 Å². The SMILES string of the molecule is CC(C)(C)CCOCCCNC(=O)CC(C)(C)C. The smallest absolute Gasteiger partial charge is 0.220 e. The highest BCUT2D eigenvalue weighted by Gasteiger charge is 2.15. The van der Waals surface area contributed by atoms with Crippen LogP contribution in [0.1, 0.15) is 60.8 Å². The third-order valence-electron chi connectivity index (χ3n) is 2.47. The Labute approximate surface area is 113 Å². The Morgan fingerprint density at radius 1 is 1.00 bits per heavy atom. The standard InChI is InChI=1S/C15H31NO2/c1-14(2,3)8-11-18-10-7-9-16-13(17)12-15(4,5)6/h7-12H2,1-6H3,(H,16,17). The van der Waals surface area contributed by atoms with E-state index in [-0.39, 0.29) is 11.3 Å². The second-order valence-electron chi connectivity index (χ2n) is 7.36. The van der Waals surface area contributed by atoms with Crippen molar-refractivity contribution in [3.63, 3.8) is 0 Å². The Balaban J connectivity index is 3.39. The maximum absolute atomic E-state index is 11.5. The van der Waals surface area contributed by atoms with Gasteiger partial charge in [-0.3, -0.25) is 4.79 Å². The fraction of sp³-hybridized carbons (Fsp3) is 0.933. The number of hydrogen-bond acceptors (Lipinski definition) is 2. The van der Waals surface area contributed by atoms with Crippen molar-refractivity contribution in [3.8, 4) is 0 Å². The molecule has 0 bridgehead atoms. The van der Waals surface area contributed by atoms with Gasteiger partial charge in [-0.2, -0.15) is 0 Å². The van der Waals surface area contributed by atoms with E-state index in [0.29, 0.717) is 18.4 Å². The quantitative estimate of drug-likeness (QED) is 0.710. The van der Waals surface area contributed by atoms with Gasteiger partial charge in [0.1, 0.15) is 0 Å². The molecule has 0 saturated carbocycles. The topological polar surface area (TPSA) is 38.3 Å². The van der Waals surface area contributed by atoms with Crippen molar-refractivity contribution in [1.82, 2.24) is 5.32 Å². The second-order valence-corrected chi connectivity index (χ2v) is 7.36. The van der Waals surface area contributed by atoms with Crippen LogP contribution in [0.2, 0.25) is 0 Å². The molecule has 0 unspecified atom stereocenters. The van der Waals surface area contributed by atoms with Crippen LogP contribution in [0.5, 0.6) is 0 Å². The summed E-state index contributed by atoms with van der Waals surface area (Å²) < 4.78 is 5.54. The van der Waals surface area contributed by atoms with E-state index in [1.165, 1.54) is 0 Å². The monoisotopic (exact) mass is 257 g/mol. The highest BCUT2D eigenvalue weighted by atomic mass is 16.5. The van der Waals surface area contributed by atoms with Crippen LogP contribution >= 0.6 is 0 Å². The van der Waals surface area contributed by atoms with Crippen LogP contribution in [0.4, 0.5) is 0 Å². The minimum atomic E-state index is 0.0628. The van der Waals surface area contributed by atoms with Gasteiger partial charge in [0.25, 0.3) is 0 Å². The average Bonchev–Trinajstić information content (AvgIpc) is 2.11. The van der Waals surface area contributed by atoms with Crippen LogP contribution in [0, 0.1) is 10.8 Å². The minimum Gasteiger partial charge on any atom is -0.381 e. The van der Waals surface area contributed by atoms with Gasteiger partial charge in [-0.05, 0) is 23.7 Å². The van der Waals surface area contributed by atoms with Gasteiger partial charge in [0, 0.05) is 26.2 Å². The third-order valence-corrected chi connectivity index (χ3v) is 2.47. The lowest BCUT2D eigenvalue weighted by molar-refractivity contribution is -0.122. The first kappa shape index (κ1) is 17.4. The largest absolute Gasteiger partial charge is 0.381 e. The van der Waals surface area contributed by atoms with Gasteiger partial charge in [-0.25, -0.2) is 0 Å². The number of rotatable bonds is 7. The minimum absolute atomic E-state index is 0.0628. The molecule has 0 aliphatic heterocycles. The maximum atomic E-state index is 11.5. The van der Waals surface area contributed by atoms with E-state index in [2.05, 4.69) is 46.9 Å². The highest BCUT2D eigenvalue weighted by molar-refractivity contribution is 5.76. The molecule has 0 rings (SSSR count).